The lowest BCUT2D eigenvalue weighted by Crippen LogP contribution is -2.05. The highest BCUT2D eigenvalue weighted by atomic mass is 32.2. The van der Waals surface area contributed by atoms with Gasteiger partial charge in [0, 0.05) is 5.56 Å². The second-order valence-electron chi connectivity index (χ2n) is 3.40. The quantitative estimate of drug-likeness (QED) is 0.500. The van der Waals surface area contributed by atoms with Crippen molar-refractivity contribution < 1.29 is 25.9 Å². The molecule has 0 unspecified atom stereocenters. The van der Waals surface area contributed by atoms with Crippen LogP contribution in [0, 0.1) is 12.4 Å². The Morgan fingerprint density at radius 1 is 1.06 bits per heavy atom. The van der Waals surface area contributed by atoms with Gasteiger partial charge in [0.25, 0.3) is 20.2 Å². The third-order valence-electron chi connectivity index (χ3n) is 2.00. The van der Waals surface area contributed by atoms with Gasteiger partial charge in [0.05, 0.1) is 18.1 Å². The van der Waals surface area contributed by atoms with Gasteiger partial charge in [0.1, 0.15) is 4.90 Å². The average molecular weight is 281 g/mol. The lowest BCUT2D eigenvalue weighted by Gasteiger charge is -2.00. The van der Waals surface area contributed by atoms with E-state index in [1.165, 1.54) is 0 Å². The summed E-state index contributed by atoms with van der Waals surface area (Å²) < 4.78 is 59.8. The highest BCUT2D eigenvalue weighted by molar-refractivity contribution is 7.86. The molecule has 0 fully saturated rings. The number of unbranched alkanes of at least 4 members (excludes halogenated alkanes) is 1. The van der Waals surface area contributed by atoms with Crippen LogP contribution < -0.4 is 0 Å². The van der Waals surface area contributed by atoms with Gasteiger partial charge in [-0.1, -0.05) is 0 Å². The molecule has 0 aromatic carbocycles. The van der Waals surface area contributed by atoms with Crippen LogP contribution in [0.5, 0.6) is 0 Å². The molecule has 9 heteroatoms. The van der Waals surface area contributed by atoms with Gasteiger partial charge in [-0.15, -0.1) is 0 Å². The Morgan fingerprint density at radius 2 is 1.71 bits per heavy atom. The molecule has 0 amide bonds. The van der Waals surface area contributed by atoms with Crippen molar-refractivity contribution in [3.05, 3.63) is 18.0 Å². The van der Waals surface area contributed by atoms with Crippen LogP contribution in [0.1, 0.15) is 18.4 Å². The minimum Gasteiger partial charge on any atom is -0.351 e. The summed E-state index contributed by atoms with van der Waals surface area (Å²) in [5.41, 5.74) is 0.211. The second kappa shape index (κ2) is 5.17. The maximum absolute atomic E-state index is 10.9. The van der Waals surface area contributed by atoms with Gasteiger partial charge in [-0.25, -0.2) is 0 Å². The van der Waals surface area contributed by atoms with Crippen LogP contribution in [-0.4, -0.2) is 36.7 Å². The van der Waals surface area contributed by atoms with Crippen molar-refractivity contribution >= 4 is 20.2 Å². The highest BCUT2D eigenvalue weighted by Gasteiger charge is 2.17. The van der Waals surface area contributed by atoms with Crippen molar-refractivity contribution in [2.45, 2.75) is 24.2 Å². The molecule has 0 spiro atoms. The lowest BCUT2D eigenvalue weighted by molar-refractivity contribution is 0.477. The van der Waals surface area contributed by atoms with E-state index >= 15 is 0 Å². The van der Waals surface area contributed by atoms with Crippen LogP contribution in [0.25, 0.3) is 0 Å². The molecule has 0 aliphatic heterocycles. The largest absolute Gasteiger partial charge is 0.351 e. The molecule has 2 radical (unpaired) electrons. The summed E-state index contributed by atoms with van der Waals surface area (Å²) in [5, 5.41) is 0. The molecule has 96 valence electrons. The van der Waals surface area contributed by atoms with E-state index in [9.17, 15) is 16.8 Å². The smallest absolute Gasteiger partial charge is 0.297 e. The first-order valence-electron chi connectivity index (χ1n) is 4.63. The number of hydrogen-bond acceptors (Lipinski definition) is 4. The van der Waals surface area contributed by atoms with Gasteiger partial charge >= 0.3 is 0 Å². The van der Waals surface area contributed by atoms with Gasteiger partial charge in [-0.2, -0.15) is 16.8 Å². The molecule has 0 aliphatic carbocycles. The van der Waals surface area contributed by atoms with E-state index in [-0.39, 0.29) is 29.1 Å². The molecule has 0 saturated heterocycles. The van der Waals surface area contributed by atoms with Crippen LogP contribution in [0.2, 0.25) is 0 Å². The maximum Gasteiger partial charge on any atom is 0.297 e. The Morgan fingerprint density at radius 3 is 2.24 bits per heavy atom. The third-order valence-corrected chi connectivity index (χ3v) is 3.67. The number of H-pyrrole nitrogens is 1. The van der Waals surface area contributed by atoms with Gasteiger partial charge in [0.2, 0.25) is 0 Å². The number of aromatic amines is 1. The van der Waals surface area contributed by atoms with Gasteiger partial charge in [0.15, 0.2) is 0 Å². The Hall–Kier alpha value is -0.900. The molecular weight excluding hydrogens is 270 g/mol. The molecule has 3 N–H and O–H groups in total. The van der Waals surface area contributed by atoms with E-state index in [0.717, 1.165) is 0 Å². The first kappa shape index (κ1) is 14.2. The number of nitrogens with one attached hydrogen (secondary N) is 1. The fourth-order valence-electron chi connectivity index (χ4n) is 1.28. The SMILES string of the molecule is O=S(=O)(O)CCCCc1[c][nH][c]c1S(=O)(=O)O. The number of aryl methyl sites for hydroxylation is 1. The fourth-order valence-corrected chi connectivity index (χ4v) is 2.49. The molecule has 0 bridgehead atoms. The van der Waals surface area contributed by atoms with Crippen molar-refractivity contribution in [3.8, 4) is 0 Å². The summed E-state index contributed by atoms with van der Waals surface area (Å²) in [6, 6.07) is 0. The Kier molecular flexibility index (Phi) is 4.31. The van der Waals surface area contributed by atoms with Crippen LogP contribution in [0.4, 0.5) is 0 Å². The lowest BCUT2D eigenvalue weighted by atomic mass is 10.1. The summed E-state index contributed by atoms with van der Waals surface area (Å²) >= 11 is 0. The summed E-state index contributed by atoms with van der Waals surface area (Å²) in [7, 11) is -8.34. The van der Waals surface area contributed by atoms with Crippen molar-refractivity contribution in [3.63, 3.8) is 0 Å². The predicted octanol–water partition coefficient (Wildman–Crippen LogP) is 0.0723. The zero-order valence-corrected chi connectivity index (χ0v) is 10.3. The molecule has 0 atom stereocenters. The van der Waals surface area contributed by atoms with Crippen molar-refractivity contribution in [1.82, 2.24) is 4.98 Å². The molecule has 1 aromatic heterocycles. The second-order valence-corrected chi connectivity index (χ2v) is 6.33. The highest BCUT2D eigenvalue weighted by Crippen LogP contribution is 2.15. The van der Waals surface area contributed by atoms with E-state index in [0.29, 0.717) is 6.42 Å². The summed E-state index contributed by atoms with van der Waals surface area (Å²) in [6.07, 6.45) is 5.43. The van der Waals surface area contributed by atoms with Gasteiger partial charge in [-0.3, -0.25) is 9.11 Å². The number of aromatic nitrogens is 1. The summed E-state index contributed by atoms with van der Waals surface area (Å²) in [6.45, 7) is 0. The molecule has 7 nitrogen and oxygen atoms in total. The molecule has 1 heterocycles. The first-order chi connectivity index (χ1) is 7.70. The third kappa shape index (κ3) is 4.86. The molecular formula is C8H11NO6S2. The zero-order valence-electron chi connectivity index (χ0n) is 8.67. The normalized spacial score (nSPS) is 12.8. The van der Waals surface area contributed by atoms with E-state index in [4.69, 9.17) is 9.11 Å². The summed E-state index contributed by atoms with van der Waals surface area (Å²) in [5.74, 6) is -0.387. The Balaban J connectivity index is 2.57. The van der Waals surface area contributed by atoms with E-state index in [2.05, 4.69) is 17.4 Å². The van der Waals surface area contributed by atoms with Crippen LogP contribution in [0.3, 0.4) is 0 Å². The maximum atomic E-state index is 10.9. The molecule has 1 aromatic rings. The van der Waals surface area contributed by atoms with Crippen molar-refractivity contribution in [1.29, 1.82) is 0 Å². The number of rotatable bonds is 6. The minimum atomic E-state index is -4.34. The fraction of sp³-hybridized carbons (Fsp3) is 0.500. The van der Waals surface area contributed by atoms with Crippen LogP contribution in [0.15, 0.2) is 4.90 Å². The molecule has 1 rings (SSSR count). The van der Waals surface area contributed by atoms with Crippen LogP contribution in [-0.2, 0) is 26.7 Å². The zero-order chi connectivity index (χ0) is 13.1. The average Bonchev–Trinajstić information content (AvgIpc) is 2.58. The van der Waals surface area contributed by atoms with Gasteiger partial charge < -0.3 is 4.98 Å². The number of hydrogen-bond donors (Lipinski definition) is 3. The monoisotopic (exact) mass is 281 g/mol. The van der Waals surface area contributed by atoms with Crippen molar-refractivity contribution in [2.24, 2.45) is 0 Å². The predicted molar refractivity (Wildman–Crippen MR) is 57.6 cm³/mol. The molecule has 17 heavy (non-hydrogen) atoms. The minimum absolute atomic E-state index is 0.183. The summed E-state index contributed by atoms with van der Waals surface area (Å²) in [4.78, 5) is 1.92. The van der Waals surface area contributed by atoms with Crippen LogP contribution >= 0.6 is 0 Å². The van der Waals surface area contributed by atoms with Crippen molar-refractivity contribution in [2.75, 3.05) is 5.75 Å². The molecule has 0 aliphatic rings. The standard InChI is InChI=1S/C8H11NO6S2/c10-16(11,12)4-2-1-3-7-5-9-6-8(7)17(13,14)15/h9H,1-4H2,(H,10,11,12)(H,13,14,15). The Labute approximate surface area is 99.4 Å². The Bertz CT molecular complexity index is 571. The topological polar surface area (TPSA) is 125 Å². The van der Waals surface area contributed by atoms with Gasteiger partial charge in [-0.05, 0) is 19.3 Å². The molecule has 0 saturated carbocycles. The van der Waals surface area contributed by atoms with E-state index in [1.807, 2.05) is 0 Å². The van der Waals surface area contributed by atoms with E-state index < -0.39 is 20.2 Å². The first-order valence-corrected chi connectivity index (χ1v) is 7.68. The van der Waals surface area contributed by atoms with E-state index in [1.54, 1.807) is 0 Å².